The molecule has 14 heavy (non-hydrogen) atoms. The van der Waals surface area contributed by atoms with Crippen LogP contribution in [0.15, 0.2) is 17.5 Å². The fourth-order valence-electron chi connectivity index (χ4n) is 1.41. The van der Waals surface area contributed by atoms with Crippen LogP contribution in [0.3, 0.4) is 0 Å². The third-order valence-corrected chi connectivity index (χ3v) is 3.44. The van der Waals surface area contributed by atoms with Crippen LogP contribution in [-0.2, 0) is 6.42 Å². The average Bonchev–Trinajstić information content (AvgIpc) is 2.54. The van der Waals surface area contributed by atoms with Crippen LogP contribution >= 0.6 is 22.9 Å². The fraction of sp³-hybridized carbons (Fsp3) is 0.100. The van der Waals surface area contributed by atoms with Gasteiger partial charge in [-0.25, -0.2) is 0 Å². The maximum atomic E-state index is 8.65. The largest absolute Gasteiger partial charge is 0.398 e. The van der Waals surface area contributed by atoms with Gasteiger partial charge in [0.05, 0.1) is 23.2 Å². The minimum atomic E-state index is 0.396. The monoisotopic (exact) mass is 222 g/mol. The molecule has 2 nitrogen and oxygen atoms in total. The number of benzene rings is 1. The summed E-state index contributed by atoms with van der Waals surface area (Å²) < 4.78 is 1.02. The second-order valence-corrected chi connectivity index (χ2v) is 4.22. The Morgan fingerprint density at radius 2 is 2.29 bits per heavy atom. The van der Waals surface area contributed by atoms with E-state index in [1.165, 1.54) is 11.3 Å². The molecule has 0 atom stereocenters. The first-order valence-electron chi connectivity index (χ1n) is 4.05. The molecular formula is C10H7ClN2S. The van der Waals surface area contributed by atoms with Gasteiger partial charge in [0, 0.05) is 15.5 Å². The van der Waals surface area contributed by atoms with Crippen LogP contribution in [-0.4, -0.2) is 0 Å². The zero-order valence-corrected chi connectivity index (χ0v) is 8.82. The van der Waals surface area contributed by atoms with Crippen LogP contribution in [0.25, 0.3) is 10.1 Å². The molecule has 0 radical (unpaired) electrons. The van der Waals surface area contributed by atoms with Gasteiger partial charge in [-0.05, 0) is 11.6 Å². The molecule has 0 aliphatic carbocycles. The highest BCUT2D eigenvalue weighted by atomic mass is 35.5. The summed E-state index contributed by atoms with van der Waals surface area (Å²) in [6.07, 6.45) is 0.396. The molecule has 1 heterocycles. The molecule has 1 aromatic carbocycles. The number of anilines is 1. The van der Waals surface area contributed by atoms with Crippen molar-refractivity contribution in [2.24, 2.45) is 0 Å². The topological polar surface area (TPSA) is 49.8 Å². The van der Waals surface area contributed by atoms with E-state index in [9.17, 15) is 0 Å². The SMILES string of the molecule is N#CCc1ccc(Cl)c2c(N)csc12. The molecule has 0 saturated carbocycles. The number of hydrogen-bond acceptors (Lipinski definition) is 3. The Kier molecular flexibility index (Phi) is 2.32. The molecule has 2 N–H and O–H groups in total. The van der Waals surface area contributed by atoms with Crippen molar-refractivity contribution in [2.75, 3.05) is 5.73 Å². The fourth-order valence-corrected chi connectivity index (χ4v) is 2.73. The standard InChI is InChI=1S/C10H7ClN2S/c11-7-2-1-6(3-4-12)10-9(7)8(13)5-14-10/h1-2,5H,3,13H2. The Bertz CT molecular complexity index is 525. The van der Waals surface area contributed by atoms with Crippen LogP contribution < -0.4 is 5.73 Å². The molecule has 2 rings (SSSR count). The van der Waals surface area contributed by atoms with Crippen molar-refractivity contribution in [2.45, 2.75) is 6.42 Å². The van der Waals surface area contributed by atoms with Gasteiger partial charge in [0.1, 0.15) is 0 Å². The summed E-state index contributed by atoms with van der Waals surface area (Å²) in [6.45, 7) is 0. The highest BCUT2D eigenvalue weighted by molar-refractivity contribution is 7.18. The van der Waals surface area contributed by atoms with Gasteiger partial charge in [-0.15, -0.1) is 11.3 Å². The lowest BCUT2D eigenvalue weighted by Gasteiger charge is -2.00. The molecule has 0 unspecified atom stereocenters. The minimum Gasteiger partial charge on any atom is -0.398 e. The van der Waals surface area contributed by atoms with Crippen LogP contribution in [0.5, 0.6) is 0 Å². The zero-order chi connectivity index (χ0) is 10.1. The van der Waals surface area contributed by atoms with Gasteiger partial charge in [-0.2, -0.15) is 5.26 Å². The average molecular weight is 223 g/mol. The van der Waals surface area contributed by atoms with Gasteiger partial charge < -0.3 is 5.73 Å². The van der Waals surface area contributed by atoms with Crippen LogP contribution in [0.1, 0.15) is 5.56 Å². The van der Waals surface area contributed by atoms with Gasteiger partial charge in [-0.3, -0.25) is 0 Å². The maximum Gasteiger partial charge on any atom is 0.0670 e. The highest BCUT2D eigenvalue weighted by Gasteiger charge is 2.09. The number of hydrogen-bond donors (Lipinski definition) is 1. The van der Waals surface area contributed by atoms with Crippen LogP contribution in [0, 0.1) is 11.3 Å². The van der Waals surface area contributed by atoms with Crippen molar-refractivity contribution in [1.82, 2.24) is 0 Å². The molecule has 0 aliphatic heterocycles. The lowest BCUT2D eigenvalue weighted by atomic mass is 10.1. The predicted octanol–water partition coefficient (Wildman–Crippen LogP) is 3.20. The summed E-state index contributed by atoms with van der Waals surface area (Å²) in [4.78, 5) is 0. The first kappa shape index (κ1) is 9.32. The van der Waals surface area contributed by atoms with Gasteiger partial charge in [0.2, 0.25) is 0 Å². The lowest BCUT2D eigenvalue weighted by Crippen LogP contribution is -1.85. The van der Waals surface area contributed by atoms with Gasteiger partial charge in [-0.1, -0.05) is 17.7 Å². The first-order chi connectivity index (χ1) is 6.74. The van der Waals surface area contributed by atoms with Crippen molar-refractivity contribution in [3.63, 3.8) is 0 Å². The second kappa shape index (κ2) is 3.49. The predicted molar refractivity (Wildman–Crippen MR) is 60.6 cm³/mol. The normalized spacial score (nSPS) is 10.3. The smallest absolute Gasteiger partial charge is 0.0670 e. The Labute approximate surface area is 90.5 Å². The van der Waals surface area contributed by atoms with Crippen LogP contribution in [0.2, 0.25) is 5.02 Å². The van der Waals surface area contributed by atoms with Crippen molar-refractivity contribution in [1.29, 1.82) is 5.26 Å². The maximum absolute atomic E-state index is 8.65. The third-order valence-electron chi connectivity index (χ3n) is 2.05. The van der Waals surface area contributed by atoms with Crippen molar-refractivity contribution in [3.05, 3.63) is 28.1 Å². The Balaban J connectivity index is 2.78. The molecule has 2 aromatic rings. The summed E-state index contributed by atoms with van der Waals surface area (Å²) in [7, 11) is 0. The van der Waals surface area contributed by atoms with Gasteiger partial charge >= 0.3 is 0 Å². The number of nitrogen functional groups attached to an aromatic ring is 1. The summed E-state index contributed by atoms with van der Waals surface area (Å²) in [5.41, 5.74) is 7.47. The summed E-state index contributed by atoms with van der Waals surface area (Å²) in [6, 6.07) is 5.80. The zero-order valence-electron chi connectivity index (χ0n) is 7.25. The summed E-state index contributed by atoms with van der Waals surface area (Å²) in [5, 5.41) is 12.0. The Morgan fingerprint density at radius 3 is 3.00 bits per heavy atom. The molecule has 0 saturated heterocycles. The summed E-state index contributed by atoms with van der Waals surface area (Å²) in [5.74, 6) is 0. The van der Waals surface area contributed by atoms with E-state index in [2.05, 4.69) is 6.07 Å². The first-order valence-corrected chi connectivity index (χ1v) is 5.31. The second-order valence-electron chi connectivity index (χ2n) is 2.94. The van der Waals surface area contributed by atoms with Gasteiger partial charge in [0.15, 0.2) is 0 Å². The van der Waals surface area contributed by atoms with E-state index in [1.807, 2.05) is 11.4 Å². The van der Waals surface area contributed by atoms with Gasteiger partial charge in [0.25, 0.3) is 0 Å². The highest BCUT2D eigenvalue weighted by Crippen LogP contribution is 2.36. The molecule has 0 amide bonds. The van der Waals surface area contributed by atoms with Crippen molar-refractivity contribution < 1.29 is 0 Å². The number of nitriles is 1. The van der Waals surface area contributed by atoms with E-state index in [0.717, 1.165) is 15.6 Å². The molecule has 0 fully saturated rings. The quantitative estimate of drug-likeness (QED) is 0.806. The number of nitrogens with two attached hydrogens (primary N) is 1. The van der Waals surface area contributed by atoms with Crippen molar-refractivity contribution in [3.8, 4) is 6.07 Å². The van der Waals surface area contributed by atoms with E-state index in [0.29, 0.717) is 17.1 Å². The number of halogens is 1. The van der Waals surface area contributed by atoms with E-state index in [4.69, 9.17) is 22.6 Å². The van der Waals surface area contributed by atoms with E-state index in [1.54, 1.807) is 6.07 Å². The Morgan fingerprint density at radius 1 is 1.50 bits per heavy atom. The molecule has 70 valence electrons. The van der Waals surface area contributed by atoms with E-state index < -0.39 is 0 Å². The molecule has 4 heteroatoms. The van der Waals surface area contributed by atoms with Crippen LogP contribution in [0.4, 0.5) is 5.69 Å². The number of rotatable bonds is 1. The van der Waals surface area contributed by atoms with E-state index >= 15 is 0 Å². The van der Waals surface area contributed by atoms with E-state index in [-0.39, 0.29) is 0 Å². The molecule has 0 aliphatic rings. The Hall–Kier alpha value is -1.24. The summed E-state index contributed by atoms with van der Waals surface area (Å²) >= 11 is 7.55. The molecule has 1 aromatic heterocycles. The number of thiophene rings is 1. The van der Waals surface area contributed by atoms with Crippen molar-refractivity contribution >= 4 is 38.7 Å². The molecular weight excluding hydrogens is 216 g/mol. The minimum absolute atomic E-state index is 0.396. The molecule has 0 spiro atoms. The lowest BCUT2D eigenvalue weighted by molar-refractivity contribution is 1.29. The number of nitrogens with zero attached hydrogens (tertiary/aromatic N) is 1. The molecule has 0 bridgehead atoms. The third kappa shape index (κ3) is 1.33. The number of fused-ring (bicyclic) bond motifs is 1.